The van der Waals surface area contributed by atoms with Crippen LogP contribution in [0.3, 0.4) is 0 Å². The number of benzene rings is 1. The Balaban J connectivity index is 1.58. The minimum Gasteiger partial charge on any atom is -0.355 e. The van der Waals surface area contributed by atoms with Crippen molar-refractivity contribution >= 4 is 5.91 Å². The van der Waals surface area contributed by atoms with Crippen LogP contribution in [0.1, 0.15) is 51.1 Å². The Labute approximate surface area is 186 Å². The van der Waals surface area contributed by atoms with Gasteiger partial charge < -0.3 is 9.84 Å². The standard InChI is InChI=1S/C22H30F3N5O2/c1-4-5-9-26-20(31)15(2)29-10-12-30(13-11-29)16(3)21-27-19(28-32-21)17-7-6-8-18(14-17)22(23,24)25/h6-8,14-16H,4-5,9-13H2,1-3H3,(H,26,31). The molecule has 1 aliphatic rings. The molecule has 3 rings (SSSR count). The summed E-state index contributed by atoms with van der Waals surface area (Å²) in [4.78, 5) is 21.0. The van der Waals surface area contributed by atoms with Crippen molar-refractivity contribution in [1.82, 2.24) is 25.3 Å². The van der Waals surface area contributed by atoms with Crippen molar-refractivity contribution in [3.8, 4) is 11.4 Å². The lowest BCUT2D eigenvalue weighted by Gasteiger charge is -2.39. The Bertz CT molecular complexity index is 894. The lowest BCUT2D eigenvalue weighted by molar-refractivity contribution is -0.137. The maximum atomic E-state index is 13.0. The van der Waals surface area contributed by atoms with Crippen LogP contribution in [0.15, 0.2) is 28.8 Å². The van der Waals surface area contributed by atoms with E-state index in [9.17, 15) is 18.0 Å². The molecule has 1 aromatic carbocycles. The van der Waals surface area contributed by atoms with E-state index in [0.29, 0.717) is 12.4 Å². The van der Waals surface area contributed by atoms with Crippen molar-refractivity contribution in [1.29, 1.82) is 0 Å². The van der Waals surface area contributed by atoms with E-state index in [1.165, 1.54) is 12.1 Å². The van der Waals surface area contributed by atoms with Crippen LogP contribution in [0, 0.1) is 0 Å². The molecule has 2 heterocycles. The molecule has 1 N–H and O–H groups in total. The first-order valence-corrected chi connectivity index (χ1v) is 11.0. The maximum Gasteiger partial charge on any atom is 0.416 e. The van der Waals surface area contributed by atoms with E-state index < -0.39 is 11.7 Å². The third-order valence-corrected chi connectivity index (χ3v) is 5.90. The van der Waals surface area contributed by atoms with Crippen molar-refractivity contribution in [2.45, 2.75) is 51.9 Å². The Morgan fingerprint density at radius 3 is 2.53 bits per heavy atom. The number of piperazine rings is 1. The van der Waals surface area contributed by atoms with Crippen molar-refractivity contribution in [2.75, 3.05) is 32.7 Å². The van der Waals surface area contributed by atoms with Crippen molar-refractivity contribution < 1.29 is 22.5 Å². The van der Waals surface area contributed by atoms with Gasteiger partial charge in [0.25, 0.3) is 0 Å². The summed E-state index contributed by atoms with van der Waals surface area (Å²) in [6, 6.07) is 4.51. The van der Waals surface area contributed by atoms with Gasteiger partial charge >= 0.3 is 6.18 Å². The summed E-state index contributed by atoms with van der Waals surface area (Å²) in [5, 5.41) is 6.86. The van der Waals surface area contributed by atoms with Crippen LogP contribution in [-0.4, -0.2) is 64.6 Å². The number of carbonyl (C=O) groups is 1. The molecule has 0 aliphatic carbocycles. The van der Waals surface area contributed by atoms with Gasteiger partial charge in [-0.25, -0.2) is 0 Å². The van der Waals surface area contributed by atoms with Gasteiger partial charge in [0.05, 0.1) is 17.6 Å². The molecule has 7 nitrogen and oxygen atoms in total. The number of carbonyl (C=O) groups excluding carboxylic acids is 1. The van der Waals surface area contributed by atoms with Crippen LogP contribution in [0.5, 0.6) is 0 Å². The Kier molecular flexibility index (Phi) is 7.89. The second kappa shape index (κ2) is 10.4. The smallest absolute Gasteiger partial charge is 0.355 e. The first-order valence-electron chi connectivity index (χ1n) is 11.0. The molecule has 0 bridgehead atoms. The number of aromatic nitrogens is 2. The molecular formula is C22H30F3N5O2. The number of halogens is 3. The van der Waals surface area contributed by atoms with Gasteiger partial charge in [-0.2, -0.15) is 18.2 Å². The van der Waals surface area contributed by atoms with Crippen molar-refractivity contribution in [3.05, 3.63) is 35.7 Å². The lowest BCUT2D eigenvalue weighted by Crippen LogP contribution is -2.54. The van der Waals surface area contributed by atoms with Gasteiger partial charge in [0.1, 0.15) is 0 Å². The highest BCUT2D eigenvalue weighted by atomic mass is 19.4. The van der Waals surface area contributed by atoms with Gasteiger partial charge in [0, 0.05) is 38.3 Å². The normalized spacial score (nSPS) is 17.8. The number of hydrogen-bond donors (Lipinski definition) is 1. The summed E-state index contributed by atoms with van der Waals surface area (Å²) in [7, 11) is 0. The quantitative estimate of drug-likeness (QED) is 0.614. The second-order valence-corrected chi connectivity index (χ2v) is 8.10. The molecule has 0 spiro atoms. The Morgan fingerprint density at radius 1 is 1.19 bits per heavy atom. The highest BCUT2D eigenvalue weighted by Crippen LogP contribution is 2.32. The molecule has 0 saturated carbocycles. The summed E-state index contributed by atoms with van der Waals surface area (Å²) in [6.45, 7) is 9.51. The zero-order valence-electron chi connectivity index (χ0n) is 18.7. The fraction of sp³-hybridized carbons (Fsp3) is 0.591. The minimum atomic E-state index is -4.43. The average Bonchev–Trinajstić information content (AvgIpc) is 3.28. The van der Waals surface area contributed by atoms with Gasteiger partial charge in [0.15, 0.2) is 0 Å². The largest absolute Gasteiger partial charge is 0.416 e. The summed E-state index contributed by atoms with van der Waals surface area (Å²) >= 11 is 0. The van der Waals surface area contributed by atoms with Crippen LogP contribution in [0.25, 0.3) is 11.4 Å². The van der Waals surface area contributed by atoms with E-state index in [2.05, 4.69) is 32.2 Å². The summed E-state index contributed by atoms with van der Waals surface area (Å²) in [5.74, 6) is 0.535. The fourth-order valence-electron chi connectivity index (χ4n) is 3.73. The molecule has 2 atom stereocenters. The third kappa shape index (κ3) is 5.86. The molecule has 2 aromatic rings. The van der Waals surface area contributed by atoms with E-state index >= 15 is 0 Å². The third-order valence-electron chi connectivity index (χ3n) is 5.90. The maximum absolute atomic E-state index is 13.0. The van der Waals surface area contributed by atoms with E-state index in [1.54, 1.807) is 0 Å². The van der Waals surface area contributed by atoms with Gasteiger partial charge in [-0.1, -0.05) is 30.6 Å². The van der Waals surface area contributed by atoms with E-state index in [-0.39, 0.29) is 29.4 Å². The zero-order valence-corrected chi connectivity index (χ0v) is 18.7. The van der Waals surface area contributed by atoms with Crippen molar-refractivity contribution in [3.63, 3.8) is 0 Å². The van der Waals surface area contributed by atoms with Crippen molar-refractivity contribution in [2.24, 2.45) is 0 Å². The topological polar surface area (TPSA) is 74.5 Å². The predicted molar refractivity (Wildman–Crippen MR) is 114 cm³/mol. The van der Waals surface area contributed by atoms with Gasteiger partial charge in [-0.3, -0.25) is 14.6 Å². The van der Waals surface area contributed by atoms with Gasteiger partial charge in [-0.15, -0.1) is 0 Å². The number of alkyl halides is 3. The Morgan fingerprint density at radius 2 is 1.88 bits per heavy atom. The van der Waals surface area contributed by atoms with Crippen LogP contribution >= 0.6 is 0 Å². The first kappa shape index (κ1) is 24.2. The average molecular weight is 454 g/mol. The summed E-state index contributed by atoms with van der Waals surface area (Å²) < 4.78 is 44.3. The molecular weight excluding hydrogens is 423 g/mol. The number of unbranched alkanes of at least 4 members (excludes halogenated alkanes) is 1. The minimum absolute atomic E-state index is 0.0441. The van der Waals surface area contributed by atoms with Gasteiger partial charge in [-0.05, 0) is 32.4 Å². The summed E-state index contributed by atoms with van der Waals surface area (Å²) in [5.41, 5.74) is -0.492. The number of amides is 1. The predicted octanol–water partition coefficient (Wildman–Crippen LogP) is 3.74. The molecule has 1 amide bonds. The van der Waals surface area contributed by atoms with E-state index in [0.717, 1.165) is 51.2 Å². The molecule has 1 saturated heterocycles. The zero-order chi connectivity index (χ0) is 23.3. The van der Waals surface area contributed by atoms with Gasteiger partial charge in [0.2, 0.25) is 17.6 Å². The Hall–Kier alpha value is -2.46. The highest BCUT2D eigenvalue weighted by Gasteiger charge is 2.32. The molecule has 176 valence electrons. The van der Waals surface area contributed by atoms with E-state index in [4.69, 9.17) is 4.52 Å². The van der Waals surface area contributed by atoms with Crippen LogP contribution < -0.4 is 5.32 Å². The number of hydrogen-bond acceptors (Lipinski definition) is 6. The number of nitrogens with zero attached hydrogens (tertiary/aromatic N) is 4. The molecule has 1 aromatic heterocycles. The molecule has 32 heavy (non-hydrogen) atoms. The second-order valence-electron chi connectivity index (χ2n) is 8.10. The van der Waals surface area contributed by atoms with Crippen LogP contribution in [-0.2, 0) is 11.0 Å². The summed E-state index contributed by atoms with van der Waals surface area (Å²) in [6.07, 6.45) is -2.42. The lowest BCUT2D eigenvalue weighted by atomic mass is 10.1. The number of rotatable bonds is 8. The molecule has 2 unspecified atom stereocenters. The highest BCUT2D eigenvalue weighted by molar-refractivity contribution is 5.81. The van der Waals surface area contributed by atoms with E-state index in [1.807, 2.05) is 13.8 Å². The molecule has 0 radical (unpaired) electrons. The molecule has 10 heteroatoms. The first-order chi connectivity index (χ1) is 15.2. The number of nitrogens with one attached hydrogen (secondary N) is 1. The van der Waals surface area contributed by atoms with Crippen LogP contribution in [0.2, 0.25) is 0 Å². The van der Waals surface area contributed by atoms with Crippen LogP contribution in [0.4, 0.5) is 13.2 Å². The molecule has 1 aliphatic heterocycles. The SMILES string of the molecule is CCCCNC(=O)C(C)N1CCN(C(C)c2nc(-c3cccc(C(F)(F)F)c3)no2)CC1. The molecule has 1 fully saturated rings. The monoisotopic (exact) mass is 453 g/mol. The fourth-order valence-corrected chi connectivity index (χ4v) is 3.73.